The summed E-state index contributed by atoms with van der Waals surface area (Å²) in [5.41, 5.74) is 0.903. The first-order chi connectivity index (χ1) is 5.22. The van der Waals surface area contributed by atoms with Crippen molar-refractivity contribution in [2.75, 3.05) is 11.2 Å². The van der Waals surface area contributed by atoms with E-state index in [-0.39, 0.29) is 11.8 Å². The van der Waals surface area contributed by atoms with Crippen LogP contribution < -0.4 is 5.32 Å². The molecule has 0 aliphatic carbocycles. The molecule has 0 bridgehead atoms. The number of carbonyl (C=O) groups is 1. The van der Waals surface area contributed by atoms with E-state index in [2.05, 4.69) is 10.3 Å². The molecule has 1 aromatic heterocycles. The summed E-state index contributed by atoms with van der Waals surface area (Å²) in [5.74, 6) is -0.250. The molecular formula is C6H7ClN2OS. The van der Waals surface area contributed by atoms with Crippen LogP contribution >= 0.6 is 22.9 Å². The van der Waals surface area contributed by atoms with Gasteiger partial charge in [0, 0.05) is 5.38 Å². The van der Waals surface area contributed by atoms with Gasteiger partial charge in [-0.1, -0.05) is 0 Å². The Bertz CT molecular complexity index is 261. The van der Waals surface area contributed by atoms with Crippen molar-refractivity contribution >= 4 is 34.0 Å². The van der Waals surface area contributed by atoms with E-state index in [9.17, 15) is 4.79 Å². The molecule has 1 N–H and O–H groups in total. The predicted octanol–water partition coefficient (Wildman–Crippen LogP) is 1.63. The highest BCUT2D eigenvalue weighted by Crippen LogP contribution is 2.13. The SMILES string of the molecule is Cc1csc(NC(=O)CCl)n1. The van der Waals surface area contributed by atoms with Gasteiger partial charge in [-0.05, 0) is 6.92 Å². The van der Waals surface area contributed by atoms with Crippen LogP contribution in [0.25, 0.3) is 0 Å². The minimum Gasteiger partial charge on any atom is -0.301 e. The molecule has 11 heavy (non-hydrogen) atoms. The fraction of sp³-hybridized carbons (Fsp3) is 0.333. The Balaban J connectivity index is 2.57. The van der Waals surface area contributed by atoms with Gasteiger partial charge in [-0.25, -0.2) is 4.98 Å². The van der Waals surface area contributed by atoms with Crippen LogP contribution in [0.2, 0.25) is 0 Å². The molecule has 60 valence electrons. The molecule has 0 atom stereocenters. The molecule has 0 fully saturated rings. The molecule has 1 rings (SSSR count). The number of rotatable bonds is 2. The summed E-state index contributed by atoms with van der Waals surface area (Å²) >= 11 is 6.67. The standard InChI is InChI=1S/C6H7ClN2OS/c1-4-3-11-6(8-4)9-5(10)2-7/h3H,2H2,1H3,(H,8,9,10). The van der Waals surface area contributed by atoms with Crippen molar-refractivity contribution in [2.24, 2.45) is 0 Å². The number of aromatic nitrogens is 1. The van der Waals surface area contributed by atoms with Gasteiger partial charge >= 0.3 is 0 Å². The number of thiazole rings is 1. The van der Waals surface area contributed by atoms with Crippen LogP contribution in [0.15, 0.2) is 5.38 Å². The van der Waals surface area contributed by atoms with Gasteiger partial charge in [0.25, 0.3) is 0 Å². The number of halogens is 1. The van der Waals surface area contributed by atoms with Crippen LogP contribution in [0.3, 0.4) is 0 Å². The Morgan fingerprint density at radius 3 is 3.09 bits per heavy atom. The number of hydrogen-bond acceptors (Lipinski definition) is 3. The van der Waals surface area contributed by atoms with E-state index in [0.717, 1.165) is 5.69 Å². The maximum absolute atomic E-state index is 10.7. The highest BCUT2D eigenvalue weighted by Gasteiger charge is 2.01. The zero-order valence-electron chi connectivity index (χ0n) is 5.93. The quantitative estimate of drug-likeness (QED) is 0.721. The Morgan fingerprint density at radius 1 is 1.91 bits per heavy atom. The molecular weight excluding hydrogens is 184 g/mol. The second-order valence-electron chi connectivity index (χ2n) is 1.98. The van der Waals surface area contributed by atoms with Gasteiger partial charge in [-0.3, -0.25) is 4.79 Å². The first-order valence-corrected chi connectivity index (χ1v) is 4.41. The van der Waals surface area contributed by atoms with Crippen LogP contribution in [-0.2, 0) is 4.79 Å². The maximum atomic E-state index is 10.7. The highest BCUT2D eigenvalue weighted by molar-refractivity contribution is 7.13. The van der Waals surface area contributed by atoms with Crippen molar-refractivity contribution in [2.45, 2.75) is 6.92 Å². The second-order valence-corrected chi connectivity index (χ2v) is 3.10. The van der Waals surface area contributed by atoms with Gasteiger partial charge in [0.2, 0.25) is 5.91 Å². The van der Waals surface area contributed by atoms with Crippen LogP contribution in [0, 0.1) is 6.92 Å². The molecule has 0 unspecified atom stereocenters. The topological polar surface area (TPSA) is 42.0 Å². The third-order valence-electron chi connectivity index (χ3n) is 0.987. The molecule has 0 aliphatic heterocycles. The zero-order chi connectivity index (χ0) is 8.27. The first kappa shape index (κ1) is 8.49. The van der Waals surface area contributed by atoms with Crippen LogP contribution in [-0.4, -0.2) is 16.8 Å². The average molecular weight is 191 g/mol. The maximum Gasteiger partial charge on any atom is 0.241 e. The third-order valence-corrected chi connectivity index (χ3v) is 2.11. The van der Waals surface area contributed by atoms with Gasteiger partial charge in [0.05, 0.1) is 5.69 Å². The van der Waals surface area contributed by atoms with E-state index in [1.807, 2.05) is 12.3 Å². The van der Waals surface area contributed by atoms with Gasteiger partial charge in [-0.2, -0.15) is 0 Å². The number of anilines is 1. The molecule has 0 saturated heterocycles. The van der Waals surface area contributed by atoms with E-state index in [1.54, 1.807) is 0 Å². The van der Waals surface area contributed by atoms with E-state index >= 15 is 0 Å². The van der Waals surface area contributed by atoms with E-state index in [4.69, 9.17) is 11.6 Å². The van der Waals surface area contributed by atoms with Gasteiger partial charge in [0.15, 0.2) is 5.13 Å². The number of nitrogens with one attached hydrogen (secondary N) is 1. The summed E-state index contributed by atoms with van der Waals surface area (Å²) < 4.78 is 0. The molecule has 0 aliphatic rings. The molecule has 1 heterocycles. The van der Waals surface area contributed by atoms with Crippen molar-refractivity contribution in [3.8, 4) is 0 Å². The Kier molecular flexibility index (Phi) is 2.84. The smallest absolute Gasteiger partial charge is 0.241 e. The minimum absolute atomic E-state index is 0.0291. The highest BCUT2D eigenvalue weighted by atomic mass is 35.5. The lowest BCUT2D eigenvalue weighted by molar-refractivity contribution is -0.113. The number of hydrogen-bond donors (Lipinski definition) is 1. The van der Waals surface area contributed by atoms with Gasteiger partial charge in [0.1, 0.15) is 5.88 Å². The van der Waals surface area contributed by atoms with Crippen LogP contribution in [0.5, 0.6) is 0 Å². The largest absolute Gasteiger partial charge is 0.301 e. The van der Waals surface area contributed by atoms with Crippen molar-refractivity contribution in [1.29, 1.82) is 0 Å². The van der Waals surface area contributed by atoms with Gasteiger partial charge < -0.3 is 5.32 Å². The summed E-state index contributed by atoms with van der Waals surface area (Å²) in [5, 5.41) is 5.02. The van der Waals surface area contributed by atoms with E-state index in [1.165, 1.54) is 11.3 Å². The third kappa shape index (κ3) is 2.48. The first-order valence-electron chi connectivity index (χ1n) is 3.00. The summed E-state index contributed by atoms with van der Waals surface area (Å²) in [4.78, 5) is 14.7. The Labute approximate surface area is 73.4 Å². The zero-order valence-corrected chi connectivity index (χ0v) is 7.50. The summed E-state index contributed by atoms with van der Waals surface area (Å²) in [7, 11) is 0. The lowest BCUT2D eigenvalue weighted by atomic mass is 10.6. The number of amides is 1. The number of carbonyl (C=O) groups excluding carboxylic acids is 1. The molecule has 0 saturated carbocycles. The fourth-order valence-electron chi connectivity index (χ4n) is 0.564. The lowest BCUT2D eigenvalue weighted by Crippen LogP contribution is -2.12. The minimum atomic E-state index is -0.221. The molecule has 5 heteroatoms. The van der Waals surface area contributed by atoms with Crippen molar-refractivity contribution in [3.63, 3.8) is 0 Å². The summed E-state index contributed by atoms with van der Waals surface area (Å²) in [6.45, 7) is 1.87. The number of alkyl halides is 1. The van der Waals surface area contributed by atoms with Crippen LogP contribution in [0.4, 0.5) is 5.13 Å². The monoisotopic (exact) mass is 190 g/mol. The van der Waals surface area contributed by atoms with Crippen molar-refractivity contribution < 1.29 is 4.79 Å². The Hall–Kier alpha value is -0.610. The lowest BCUT2D eigenvalue weighted by Gasteiger charge is -1.94. The van der Waals surface area contributed by atoms with Gasteiger partial charge in [-0.15, -0.1) is 22.9 Å². The molecule has 1 amide bonds. The Morgan fingerprint density at radius 2 is 2.64 bits per heavy atom. The van der Waals surface area contributed by atoms with Crippen LogP contribution in [0.1, 0.15) is 5.69 Å². The fourth-order valence-corrected chi connectivity index (χ4v) is 1.34. The second kappa shape index (κ2) is 3.69. The summed E-state index contributed by atoms with van der Waals surface area (Å²) in [6.07, 6.45) is 0. The molecule has 0 spiro atoms. The van der Waals surface area contributed by atoms with E-state index in [0.29, 0.717) is 5.13 Å². The average Bonchev–Trinajstić information content (AvgIpc) is 2.35. The summed E-state index contributed by atoms with van der Waals surface area (Å²) in [6, 6.07) is 0. The van der Waals surface area contributed by atoms with Crippen molar-refractivity contribution in [1.82, 2.24) is 4.98 Å². The predicted molar refractivity (Wildman–Crippen MR) is 46.2 cm³/mol. The van der Waals surface area contributed by atoms with E-state index < -0.39 is 0 Å². The molecule has 0 aromatic carbocycles. The molecule has 0 radical (unpaired) electrons. The molecule has 3 nitrogen and oxygen atoms in total. The number of aryl methyl sites for hydroxylation is 1. The van der Waals surface area contributed by atoms with Crippen molar-refractivity contribution in [3.05, 3.63) is 11.1 Å². The molecule has 1 aromatic rings. The normalized spacial score (nSPS) is 9.64. The number of nitrogens with zero attached hydrogens (tertiary/aromatic N) is 1.